The van der Waals surface area contributed by atoms with E-state index >= 15 is 0 Å². The molecule has 0 radical (unpaired) electrons. The molecule has 2 atom stereocenters. The molecule has 46 heavy (non-hydrogen) atoms. The van der Waals surface area contributed by atoms with Crippen molar-refractivity contribution in [3.8, 4) is 62.9 Å². The van der Waals surface area contributed by atoms with Crippen LogP contribution < -0.4 is 14.2 Å². The first-order valence-corrected chi connectivity index (χ1v) is 16.4. The van der Waals surface area contributed by atoms with Gasteiger partial charge < -0.3 is 34.6 Å². The highest BCUT2D eigenvalue weighted by atomic mass is 32.2. The van der Waals surface area contributed by atoms with Crippen LogP contribution in [0, 0.1) is 0 Å². The molecule has 16 nitrogen and oxygen atoms in total. The van der Waals surface area contributed by atoms with Crippen molar-refractivity contribution in [2.24, 2.45) is 0 Å². The van der Waals surface area contributed by atoms with Crippen molar-refractivity contribution in [2.45, 2.75) is 12.2 Å². The van der Waals surface area contributed by atoms with Crippen LogP contribution in [0.3, 0.4) is 0 Å². The third-order valence-electron chi connectivity index (χ3n) is 6.13. The molecule has 0 spiro atoms. The first-order valence-electron chi connectivity index (χ1n) is 13.2. The third kappa shape index (κ3) is 9.22. The van der Waals surface area contributed by atoms with Crippen LogP contribution >= 0.6 is 0 Å². The molecule has 4 aromatic rings. The van der Waals surface area contributed by atoms with Crippen LogP contribution in [0.5, 0.6) is 28.7 Å². The molecule has 2 unspecified atom stereocenters. The molecule has 0 aliphatic rings. The van der Waals surface area contributed by atoms with E-state index in [1.165, 1.54) is 43.5 Å². The van der Waals surface area contributed by atoms with Crippen LogP contribution in [0.15, 0.2) is 60.7 Å². The SMILES string of the molecule is COc1ccc(-c2nc(-c3cccc(OCC(O)CS(=O)(=O)O)c3O)nc(-c3cccc(OCC(O)CS(=O)(=O)O)c3O)n2)cc1. The number of aromatic nitrogens is 3. The normalized spacial score (nSPS) is 13.2. The van der Waals surface area contributed by atoms with Crippen LogP contribution in [0.2, 0.25) is 0 Å². The molecule has 18 heteroatoms. The van der Waals surface area contributed by atoms with E-state index in [-0.39, 0.29) is 40.1 Å². The number of hydrogen-bond donors (Lipinski definition) is 6. The molecule has 0 aliphatic carbocycles. The number of benzene rings is 3. The van der Waals surface area contributed by atoms with Gasteiger partial charge in [-0.3, -0.25) is 9.11 Å². The van der Waals surface area contributed by atoms with E-state index in [1.807, 2.05) is 0 Å². The van der Waals surface area contributed by atoms with Crippen molar-refractivity contribution >= 4 is 20.2 Å². The van der Waals surface area contributed by atoms with Gasteiger partial charge in [-0.1, -0.05) is 12.1 Å². The fourth-order valence-electron chi connectivity index (χ4n) is 4.08. The zero-order chi connectivity index (χ0) is 33.6. The minimum Gasteiger partial charge on any atom is -0.504 e. The number of aliphatic hydroxyl groups excluding tert-OH is 2. The summed E-state index contributed by atoms with van der Waals surface area (Å²) in [6, 6.07) is 15.2. The van der Waals surface area contributed by atoms with Gasteiger partial charge in [-0.05, 0) is 48.5 Å². The van der Waals surface area contributed by atoms with E-state index in [0.29, 0.717) is 11.3 Å². The van der Waals surface area contributed by atoms with Crippen LogP contribution in [0.1, 0.15) is 0 Å². The standard InChI is InChI=1S/C28H29N3O13S2/c1-42-19-10-8-16(9-11-19)26-29-27(20-4-2-6-22(24(20)34)43-12-17(32)14-45(36,37)38)31-28(30-26)21-5-3-7-23(25(21)35)44-13-18(33)15-46(39,40)41/h2-11,17-18,32-35H,12-15H2,1H3,(H,36,37,38)(H,39,40,41). The maximum absolute atomic E-state index is 11.0. The minimum atomic E-state index is -4.48. The summed E-state index contributed by atoms with van der Waals surface area (Å²) < 4.78 is 78.0. The monoisotopic (exact) mass is 679 g/mol. The van der Waals surface area contributed by atoms with E-state index in [4.69, 9.17) is 23.3 Å². The zero-order valence-corrected chi connectivity index (χ0v) is 25.6. The summed E-state index contributed by atoms with van der Waals surface area (Å²) in [7, 11) is -7.47. The van der Waals surface area contributed by atoms with Gasteiger partial charge in [0, 0.05) is 5.56 Å². The topological polar surface area (TPSA) is 256 Å². The average Bonchev–Trinajstić information content (AvgIpc) is 2.98. The average molecular weight is 680 g/mol. The van der Waals surface area contributed by atoms with Crippen molar-refractivity contribution in [3.63, 3.8) is 0 Å². The lowest BCUT2D eigenvalue weighted by Gasteiger charge is -2.15. The minimum absolute atomic E-state index is 0.0282. The smallest absolute Gasteiger partial charge is 0.267 e. The van der Waals surface area contributed by atoms with Gasteiger partial charge in [0.1, 0.15) is 42.7 Å². The Morgan fingerprint density at radius 2 is 1.07 bits per heavy atom. The Balaban J connectivity index is 1.75. The molecule has 0 saturated heterocycles. The van der Waals surface area contributed by atoms with Crippen molar-refractivity contribution in [1.29, 1.82) is 0 Å². The molecule has 0 fully saturated rings. The number of aromatic hydroxyl groups is 2. The molecular formula is C28H29N3O13S2. The van der Waals surface area contributed by atoms with E-state index in [2.05, 4.69) is 15.0 Å². The van der Waals surface area contributed by atoms with E-state index < -0.39 is 68.7 Å². The summed E-state index contributed by atoms with van der Waals surface area (Å²) in [5, 5.41) is 41.8. The summed E-state index contributed by atoms with van der Waals surface area (Å²) >= 11 is 0. The Bertz CT molecular complexity index is 1790. The van der Waals surface area contributed by atoms with Gasteiger partial charge in [-0.15, -0.1) is 0 Å². The Morgan fingerprint density at radius 1 is 0.652 bits per heavy atom. The Labute approximate surface area is 263 Å². The summed E-state index contributed by atoms with van der Waals surface area (Å²) in [6.07, 6.45) is -3.20. The molecule has 6 N–H and O–H groups in total. The Morgan fingerprint density at radius 3 is 1.46 bits per heavy atom. The quantitative estimate of drug-likeness (QED) is 0.103. The summed E-state index contributed by atoms with van der Waals surface area (Å²) in [6.45, 7) is -1.17. The van der Waals surface area contributed by atoms with E-state index in [0.717, 1.165) is 0 Å². The number of phenols is 2. The van der Waals surface area contributed by atoms with Crippen molar-refractivity contribution < 1.29 is 60.6 Å². The number of nitrogens with zero attached hydrogens (tertiary/aromatic N) is 3. The predicted molar refractivity (Wildman–Crippen MR) is 162 cm³/mol. The van der Waals surface area contributed by atoms with Crippen molar-refractivity contribution in [2.75, 3.05) is 31.8 Å². The number of methoxy groups -OCH3 is 1. The number of hydrogen-bond acceptors (Lipinski definition) is 14. The van der Waals surface area contributed by atoms with Gasteiger partial charge in [-0.2, -0.15) is 16.8 Å². The molecule has 4 rings (SSSR count). The maximum Gasteiger partial charge on any atom is 0.267 e. The van der Waals surface area contributed by atoms with Crippen molar-refractivity contribution in [3.05, 3.63) is 60.7 Å². The maximum atomic E-state index is 11.0. The van der Waals surface area contributed by atoms with Crippen LogP contribution in [0.4, 0.5) is 0 Å². The third-order valence-corrected chi connectivity index (χ3v) is 7.74. The van der Waals surface area contributed by atoms with Crippen LogP contribution in [-0.4, -0.2) is 105 Å². The van der Waals surface area contributed by atoms with Gasteiger partial charge in [0.2, 0.25) is 0 Å². The summed E-state index contributed by atoms with van der Waals surface area (Å²) in [5.41, 5.74) is 0.548. The molecule has 0 bridgehead atoms. The van der Waals surface area contributed by atoms with Gasteiger partial charge in [0.15, 0.2) is 40.5 Å². The number of ether oxygens (including phenoxy) is 3. The lowest BCUT2D eigenvalue weighted by Crippen LogP contribution is -2.26. The summed E-state index contributed by atoms with van der Waals surface area (Å²) in [5.74, 6) is -2.78. The second-order valence-electron chi connectivity index (χ2n) is 9.77. The molecular weight excluding hydrogens is 650 g/mol. The molecule has 0 aliphatic heterocycles. The number of phenolic OH excluding ortho intramolecular Hbond substituents is 2. The zero-order valence-electron chi connectivity index (χ0n) is 24.0. The fourth-order valence-corrected chi connectivity index (χ4v) is 5.24. The highest BCUT2D eigenvalue weighted by Gasteiger charge is 2.22. The van der Waals surface area contributed by atoms with Gasteiger partial charge in [0.05, 0.1) is 18.2 Å². The van der Waals surface area contributed by atoms with E-state index in [1.54, 1.807) is 24.3 Å². The van der Waals surface area contributed by atoms with Gasteiger partial charge >= 0.3 is 0 Å². The molecule has 1 heterocycles. The molecule has 246 valence electrons. The lowest BCUT2D eigenvalue weighted by molar-refractivity contribution is 0.121. The van der Waals surface area contributed by atoms with Gasteiger partial charge in [0.25, 0.3) is 20.2 Å². The predicted octanol–water partition coefficient (Wildman–Crippen LogP) is 1.55. The van der Waals surface area contributed by atoms with Crippen LogP contribution in [-0.2, 0) is 20.2 Å². The summed E-state index contributed by atoms with van der Waals surface area (Å²) in [4.78, 5) is 13.4. The molecule has 0 saturated carbocycles. The molecule has 1 aromatic heterocycles. The first-order chi connectivity index (χ1) is 21.6. The van der Waals surface area contributed by atoms with E-state index in [9.17, 15) is 37.3 Å². The Kier molecular flexibility index (Phi) is 10.6. The number of aliphatic hydroxyl groups is 2. The second kappa shape index (κ2) is 14.2. The molecule has 3 aromatic carbocycles. The Hall–Kier alpha value is -4.59. The molecule has 0 amide bonds. The number of para-hydroxylation sites is 2. The lowest BCUT2D eigenvalue weighted by atomic mass is 10.1. The fraction of sp³-hybridized carbons (Fsp3) is 0.250. The highest BCUT2D eigenvalue weighted by molar-refractivity contribution is 7.86. The van der Waals surface area contributed by atoms with Crippen molar-refractivity contribution in [1.82, 2.24) is 15.0 Å². The van der Waals surface area contributed by atoms with Crippen LogP contribution in [0.25, 0.3) is 34.2 Å². The number of rotatable bonds is 14. The second-order valence-corrected chi connectivity index (χ2v) is 12.8. The first kappa shape index (κ1) is 34.3. The largest absolute Gasteiger partial charge is 0.504 e. The highest BCUT2D eigenvalue weighted by Crippen LogP contribution is 2.39. The van der Waals surface area contributed by atoms with Gasteiger partial charge in [-0.25, -0.2) is 15.0 Å².